The average molecular weight is 338 g/mol. The molecule has 0 radical (unpaired) electrons. The standard InChI is InChI=1S/C22H30N2O/c1-18-17-24(21(16-23-18)14-8-9-15-25)22(19-10-4-2-5-11-19)20-12-6-3-7-13-20/h2-7,10-13,18,21-23,25H,8-9,14-17H2,1H3/t18-,21-/m1/s1. The molecule has 1 aliphatic heterocycles. The SMILES string of the molecule is C[C@@H]1CN(C(c2ccccc2)c2ccccc2)[C@H](CCCCO)CN1. The van der Waals surface area contributed by atoms with E-state index in [4.69, 9.17) is 5.11 Å². The zero-order valence-electron chi connectivity index (χ0n) is 15.1. The fourth-order valence-electron chi connectivity index (χ4n) is 3.91. The molecule has 134 valence electrons. The fraction of sp³-hybridized carbons (Fsp3) is 0.455. The predicted octanol–water partition coefficient (Wildman–Crippen LogP) is 3.60. The Morgan fingerprint density at radius 1 is 1.00 bits per heavy atom. The van der Waals surface area contributed by atoms with Crippen LogP contribution in [0.4, 0.5) is 0 Å². The largest absolute Gasteiger partial charge is 0.396 e. The van der Waals surface area contributed by atoms with Crippen LogP contribution in [-0.4, -0.2) is 41.8 Å². The van der Waals surface area contributed by atoms with Gasteiger partial charge in [-0.15, -0.1) is 0 Å². The van der Waals surface area contributed by atoms with Crippen LogP contribution in [0.3, 0.4) is 0 Å². The Hall–Kier alpha value is -1.68. The van der Waals surface area contributed by atoms with Crippen LogP contribution < -0.4 is 5.32 Å². The number of benzene rings is 2. The van der Waals surface area contributed by atoms with Crippen molar-refractivity contribution in [2.24, 2.45) is 0 Å². The summed E-state index contributed by atoms with van der Waals surface area (Å²) in [5.41, 5.74) is 2.71. The second kappa shape index (κ2) is 9.14. The summed E-state index contributed by atoms with van der Waals surface area (Å²) in [5, 5.41) is 12.8. The molecule has 1 aliphatic rings. The molecule has 25 heavy (non-hydrogen) atoms. The normalized spacial score (nSPS) is 21.6. The minimum absolute atomic E-state index is 0.283. The molecule has 0 saturated carbocycles. The first-order valence-corrected chi connectivity index (χ1v) is 9.49. The predicted molar refractivity (Wildman–Crippen MR) is 104 cm³/mol. The minimum Gasteiger partial charge on any atom is -0.396 e. The molecule has 2 N–H and O–H groups in total. The summed E-state index contributed by atoms with van der Waals surface area (Å²) in [7, 11) is 0. The summed E-state index contributed by atoms with van der Waals surface area (Å²) < 4.78 is 0. The van der Waals surface area contributed by atoms with Crippen molar-refractivity contribution in [1.82, 2.24) is 10.2 Å². The van der Waals surface area contributed by atoms with Crippen molar-refractivity contribution in [3.63, 3.8) is 0 Å². The maximum Gasteiger partial charge on any atom is 0.0605 e. The molecule has 3 nitrogen and oxygen atoms in total. The third-order valence-corrected chi connectivity index (χ3v) is 5.16. The van der Waals surface area contributed by atoms with Gasteiger partial charge in [0.05, 0.1) is 6.04 Å². The number of unbranched alkanes of at least 4 members (excludes halogenated alkanes) is 1. The minimum atomic E-state index is 0.283. The summed E-state index contributed by atoms with van der Waals surface area (Å²) >= 11 is 0. The van der Waals surface area contributed by atoms with Crippen LogP contribution in [0.2, 0.25) is 0 Å². The van der Waals surface area contributed by atoms with Gasteiger partial charge in [0.25, 0.3) is 0 Å². The Labute approximate surface area is 151 Å². The lowest BCUT2D eigenvalue weighted by molar-refractivity contribution is 0.0936. The van der Waals surface area contributed by atoms with Gasteiger partial charge < -0.3 is 10.4 Å². The number of aliphatic hydroxyl groups is 1. The van der Waals surface area contributed by atoms with Gasteiger partial charge in [0.15, 0.2) is 0 Å². The van der Waals surface area contributed by atoms with Gasteiger partial charge in [-0.2, -0.15) is 0 Å². The third-order valence-electron chi connectivity index (χ3n) is 5.16. The molecule has 0 spiro atoms. The number of nitrogens with one attached hydrogen (secondary N) is 1. The maximum absolute atomic E-state index is 9.14. The van der Waals surface area contributed by atoms with Gasteiger partial charge in [-0.3, -0.25) is 4.90 Å². The van der Waals surface area contributed by atoms with Gasteiger partial charge in [-0.25, -0.2) is 0 Å². The highest BCUT2D eigenvalue weighted by Gasteiger charge is 2.32. The molecule has 2 aromatic carbocycles. The molecule has 3 heteroatoms. The highest BCUT2D eigenvalue weighted by atomic mass is 16.2. The Balaban J connectivity index is 1.91. The molecular weight excluding hydrogens is 308 g/mol. The van der Waals surface area contributed by atoms with Crippen LogP contribution in [-0.2, 0) is 0 Å². The molecule has 2 atom stereocenters. The van der Waals surface area contributed by atoms with E-state index in [1.807, 2.05) is 0 Å². The van der Waals surface area contributed by atoms with Crippen LogP contribution in [0, 0.1) is 0 Å². The van der Waals surface area contributed by atoms with E-state index in [0.29, 0.717) is 12.1 Å². The molecule has 3 rings (SSSR count). The van der Waals surface area contributed by atoms with Gasteiger partial charge in [0.1, 0.15) is 0 Å². The average Bonchev–Trinajstić information content (AvgIpc) is 2.66. The highest BCUT2D eigenvalue weighted by molar-refractivity contribution is 5.32. The van der Waals surface area contributed by atoms with Crippen LogP contribution in [0.5, 0.6) is 0 Å². The van der Waals surface area contributed by atoms with Gasteiger partial charge in [0, 0.05) is 31.8 Å². The smallest absolute Gasteiger partial charge is 0.0605 e. The van der Waals surface area contributed by atoms with E-state index in [-0.39, 0.29) is 12.6 Å². The van der Waals surface area contributed by atoms with Crippen LogP contribution >= 0.6 is 0 Å². The first kappa shape index (κ1) is 18.1. The summed E-state index contributed by atoms with van der Waals surface area (Å²) in [6.07, 6.45) is 3.09. The summed E-state index contributed by atoms with van der Waals surface area (Å²) in [4.78, 5) is 2.67. The molecule has 0 amide bonds. The van der Waals surface area contributed by atoms with Gasteiger partial charge in [0.2, 0.25) is 0 Å². The van der Waals surface area contributed by atoms with Gasteiger partial charge in [-0.05, 0) is 37.3 Å². The van der Waals surface area contributed by atoms with Crippen molar-refractivity contribution < 1.29 is 5.11 Å². The number of hydrogen-bond donors (Lipinski definition) is 2. The fourth-order valence-corrected chi connectivity index (χ4v) is 3.91. The van der Waals surface area contributed by atoms with Crippen LogP contribution in [0.15, 0.2) is 60.7 Å². The lowest BCUT2D eigenvalue weighted by Crippen LogP contribution is -2.56. The Kier molecular flexibility index (Phi) is 6.62. The van der Waals surface area contributed by atoms with Crippen LogP contribution in [0.25, 0.3) is 0 Å². The van der Waals surface area contributed by atoms with E-state index in [1.165, 1.54) is 11.1 Å². The molecule has 0 unspecified atom stereocenters. The van der Waals surface area contributed by atoms with Crippen molar-refractivity contribution >= 4 is 0 Å². The van der Waals surface area contributed by atoms with E-state index in [1.54, 1.807) is 0 Å². The van der Waals surface area contributed by atoms with Crippen molar-refractivity contribution in [3.05, 3.63) is 71.8 Å². The number of nitrogens with zero attached hydrogens (tertiary/aromatic N) is 1. The lowest BCUT2D eigenvalue weighted by atomic mass is 9.92. The number of piperazine rings is 1. The number of aliphatic hydroxyl groups excluding tert-OH is 1. The van der Waals surface area contributed by atoms with Gasteiger partial charge in [-0.1, -0.05) is 60.7 Å². The topological polar surface area (TPSA) is 35.5 Å². The monoisotopic (exact) mass is 338 g/mol. The second-order valence-corrected chi connectivity index (χ2v) is 7.10. The molecule has 1 saturated heterocycles. The number of hydrogen-bond acceptors (Lipinski definition) is 3. The molecule has 0 bridgehead atoms. The summed E-state index contributed by atoms with van der Waals surface area (Å²) in [6, 6.07) is 23.0. The van der Waals surface area contributed by atoms with E-state index in [0.717, 1.165) is 32.4 Å². The number of rotatable bonds is 7. The van der Waals surface area contributed by atoms with Crippen molar-refractivity contribution in [2.45, 2.75) is 44.3 Å². The molecule has 1 fully saturated rings. The quantitative estimate of drug-likeness (QED) is 0.757. The van der Waals surface area contributed by atoms with Gasteiger partial charge >= 0.3 is 0 Å². The summed E-state index contributed by atoms with van der Waals surface area (Å²) in [6.45, 7) is 4.61. The molecule has 2 aromatic rings. The first-order chi connectivity index (χ1) is 12.3. The Morgan fingerprint density at radius 3 is 2.16 bits per heavy atom. The summed E-state index contributed by atoms with van der Waals surface area (Å²) in [5.74, 6) is 0. The Bertz CT molecular complexity index is 577. The molecule has 0 aliphatic carbocycles. The Morgan fingerprint density at radius 2 is 1.60 bits per heavy atom. The first-order valence-electron chi connectivity index (χ1n) is 9.49. The van der Waals surface area contributed by atoms with E-state index in [2.05, 4.69) is 77.8 Å². The van der Waals surface area contributed by atoms with E-state index < -0.39 is 0 Å². The second-order valence-electron chi connectivity index (χ2n) is 7.10. The lowest BCUT2D eigenvalue weighted by Gasteiger charge is -2.44. The van der Waals surface area contributed by atoms with Crippen molar-refractivity contribution in [3.8, 4) is 0 Å². The van der Waals surface area contributed by atoms with Crippen LogP contribution in [0.1, 0.15) is 43.4 Å². The zero-order chi connectivity index (χ0) is 17.5. The zero-order valence-corrected chi connectivity index (χ0v) is 15.1. The molecule has 0 aromatic heterocycles. The maximum atomic E-state index is 9.14. The van der Waals surface area contributed by atoms with E-state index in [9.17, 15) is 0 Å². The highest BCUT2D eigenvalue weighted by Crippen LogP contribution is 2.32. The molecular formula is C22H30N2O. The van der Waals surface area contributed by atoms with Crippen molar-refractivity contribution in [2.75, 3.05) is 19.7 Å². The van der Waals surface area contributed by atoms with Crippen molar-refractivity contribution in [1.29, 1.82) is 0 Å². The van der Waals surface area contributed by atoms with E-state index >= 15 is 0 Å². The molecule has 1 heterocycles. The third kappa shape index (κ3) is 4.69.